The first-order chi connectivity index (χ1) is 8.69. The molecule has 0 saturated heterocycles. The Balaban J connectivity index is 2.22. The number of pyridine rings is 1. The number of rotatable bonds is 4. The highest BCUT2D eigenvalue weighted by atomic mass is 19.1. The fourth-order valence-corrected chi connectivity index (χ4v) is 1.48. The molecule has 3 nitrogen and oxygen atoms in total. The van der Waals surface area contributed by atoms with Gasteiger partial charge in [0.1, 0.15) is 11.6 Å². The zero-order valence-electron chi connectivity index (χ0n) is 9.78. The molecule has 0 spiro atoms. The van der Waals surface area contributed by atoms with E-state index in [4.69, 9.17) is 4.74 Å². The van der Waals surface area contributed by atoms with Crippen LogP contribution in [0.25, 0.3) is 0 Å². The number of hydrogen-bond acceptors (Lipinski definition) is 3. The van der Waals surface area contributed by atoms with Crippen molar-refractivity contribution < 1.29 is 13.5 Å². The molecule has 0 fully saturated rings. The minimum Gasteiger partial charge on any atom is -0.454 e. The van der Waals surface area contributed by atoms with Gasteiger partial charge < -0.3 is 10.1 Å². The van der Waals surface area contributed by atoms with Crippen molar-refractivity contribution in [2.75, 3.05) is 7.05 Å². The predicted octanol–water partition coefficient (Wildman–Crippen LogP) is 2.87. The maximum absolute atomic E-state index is 13.4. The molecule has 1 aromatic heterocycles. The van der Waals surface area contributed by atoms with Gasteiger partial charge in [0.25, 0.3) is 0 Å². The second-order valence-corrected chi connectivity index (χ2v) is 3.69. The Labute approximate surface area is 103 Å². The van der Waals surface area contributed by atoms with Crippen molar-refractivity contribution >= 4 is 0 Å². The zero-order valence-corrected chi connectivity index (χ0v) is 9.78. The lowest BCUT2D eigenvalue weighted by Crippen LogP contribution is -2.06. The van der Waals surface area contributed by atoms with Crippen molar-refractivity contribution in [2.45, 2.75) is 6.54 Å². The summed E-state index contributed by atoms with van der Waals surface area (Å²) in [6, 6.07) is 6.33. The van der Waals surface area contributed by atoms with E-state index in [0.717, 1.165) is 23.9 Å². The quantitative estimate of drug-likeness (QED) is 0.906. The van der Waals surface area contributed by atoms with Gasteiger partial charge in [0.05, 0.1) is 5.69 Å². The predicted molar refractivity (Wildman–Crippen MR) is 63.4 cm³/mol. The van der Waals surface area contributed by atoms with Gasteiger partial charge in [-0.25, -0.2) is 8.78 Å². The van der Waals surface area contributed by atoms with Crippen LogP contribution in [-0.2, 0) is 6.54 Å². The van der Waals surface area contributed by atoms with Crippen LogP contribution in [0.2, 0.25) is 0 Å². The first-order valence-electron chi connectivity index (χ1n) is 5.41. The molecule has 0 bridgehead atoms. The van der Waals surface area contributed by atoms with Crippen molar-refractivity contribution in [3.05, 3.63) is 53.9 Å². The molecule has 2 aromatic rings. The van der Waals surface area contributed by atoms with Gasteiger partial charge in [-0.3, -0.25) is 4.98 Å². The van der Waals surface area contributed by atoms with Crippen molar-refractivity contribution in [3.8, 4) is 11.5 Å². The third-order valence-corrected chi connectivity index (χ3v) is 2.27. The van der Waals surface area contributed by atoms with Gasteiger partial charge in [-0.15, -0.1) is 0 Å². The van der Waals surface area contributed by atoms with E-state index < -0.39 is 11.6 Å². The van der Waals surface area contributed by atoms with Crippen LogP contribution in [0.15, 0.2) is 36.5 Å². The van der Waals surface area contributed by atoms with E-state index in [0.29, 0.717) is 12.3 Å². The number of aromatic nitrogens is 1. The first kappa shape index (κ1) is 12.4. The summed E-state index contributed by atoms with van der Waals surface area (Å²) in [6.45, 7) is 0.572. The lowest BCUT2D eigenvalue weighted by Gasteiger charge is -2.08. The van der Waals surface area contributed by atoms with Gasteiger partial charge in [0.2, 0.25) is 0 Å². The summed E-state index contributed by atoms with van der Waals surface area (Å²) in [5, 5.41) is 2.94. The van der Waals surface area contributed by atoms with Crippen molar-refractivity contribution in [3.63, 3.8) is 0 Å². The molecule has 1 N–H and O–H groups in total. The normalized spacial score (nSPS) is 10.4. The second kappa shape index (κ2) is 5.55. The molecule has 1 heterocycles. The Morgan fingerprint density at radius 2 is 2.06 bits per heavy atom. The average Bonchev–Trinajstić information content (AvgIpc) is 2.35. The molecule has 0 radical (unpaired) electrons. The molecule has 18 heavy (non-hydrogen) atoms. The Kier molecular flexibility index (Phi) is 3.84. The topological polar surface area (TPSA) is 34.1 Å². The van der Waals surface area contributed by atoms with Gasteiger partial charge >= 0.3 is 0 Å². The summed E-state index contributed by atoms with van der Waals surface area (Å²) >= 11 is 0. The molecule has 94 valence electrons. The lowest BCUT2D eigenvalue weighted by molar-refractivity contribution is 0.435. The molecule has 0 aliphatic heterocycles. The van der Waals surface area contributed by atoms with Gasteiger partial charge in [0, 0.05) is 24.9 Å². The maximum Gasteiger partial charge on any atom is 0.165 e. The van der Waals surface area contributed by atoms with Crippen LogP contribution in [0.1, 0.15) is 5.69 Å². The molecular formula is C13H12F2N2O. The number of nitrogens with one attached hydrogen (secondary N) is 1. The smallest absolute Gasteiger partial charge is 0.165 e. The molecule has 5 heteroatoms. The first-order valence-corrected chi connectivity index (χ1v) is 5.41. The van der Waals surface area contributed by atoms with Crippen molar-refractivity contribution in [1.29, 1.82) is 0 Å². The van der Waals surface area contributed by atoms with E-state index in [1.807, 2.05) is 0 Å². The number of ether oxygens (including phenoxy) is 1. The summed E-state index contributed by atoms with van der Waals surface area (Å²) < 4.78 is 31.7. The average molecular weight is 250 g/mol. The second-order valence-electron chi connectivity index (χ2n) is 3.69. The zero-order chi connectivity index (χ0) is 13.0. The van der Waals surface area contributed by atoms with Crippen LogP contribution in [-0.4, -0.2) is 12.0 Å². The molecule has 0 aliphatic carbocycles. The third kappa shape index (κ3) is 3.01. The largest absolute Gasteiger partial charge is 0.454 e. The summed E-state index contributed by atoms with van der Waals surface area (Å²) in [5.74, 6) is -0.879. The Morgan fingerprint density at radius 3 is 2.83 bits per heavy atom. The SMILES string of the molecule is CNCc1cc(Oc2cc(F)ccc2F)ccn1. The van der Waals surface area contributed by atoms with Gasteiger partial charge in [-0.2, -0.15) is 0 Å². The Bertz CT molecular complexity index is 546. The van der Waals surface area contributed by atoms with Gasteiger partial charge in [-0.1, -0.05) is 0 Å². The molecule has 1 aromatic carbocycles. The van der Waals surface area contributed by atoms with E-state index >= 15 is 0 Å². The van der Waals surface area contributed by atoms with Crippen molar-refractivity contribution in [2.24, 2.45) is 0 Å². The minimum atomic E-state index is -0.608. The van der Waals surface area contributed by atoms with Gasteiger partial charge in [0.15, 0.2) is 11.6 Å². The highest BCUT2D eigenvalue weighted by Gasteiger charge is 2.07. The van der Waals surface area contributed by atoms with Crippen LogP contribution in [0.4, 0.5) is 8.78 Å². The summed E-state index contributed by atoms with van der Waals surface area (Å²) in [4.78, 5) is 4.10. The van der Waals surface area contributed by atoms with E-state index in [1.54, 1.807) is 25.4 Å². The van der Waals surface area contributed by atoms with Crippen molar-refractivity contribution in [1.82, 2.24) is 10.3 Å². The third-order valence-electron chi connectivity index (χ3n) is 2.27. The molecule has 0 saturated carbocycles. The molecular weight excluding hydrogens is 238 g/mol. The van der Waals surface area contributed by atoms with E-state index in [2.05, 4.69) is 10.3 Å². The monoisotopic (exact) mass is 250 g/mol. The molecule has 2 rings (SSSR count). The van der Waals surface area contributed by atoms with E-state index in [-0.39, 0.29) is 5.75 Å². The van der Waals surface area contributed by atoms with Crippen LogP contribution >= 0.6 is 0 Å². The number of halogens is 2. The standard InChI is InChI=1S/C13H12F2N2O/c1-16-8-10-7-11(4-5-17-10)18-13-6-9(14)2-3-12(13)15/h2-7,16H,8H2,1H3. The highest BCUT2D eigenvalue weighted by molar-refractivity contribution is 5.32. The van der Waals surface area contributed by atoms with Crippen LogP contribution in [0.3, 0.4) is 0 Å². The number of hydrogen-bond donors (Lipinski definition) is 1. The molecule has 0 atom stereocenters. The number of nitrogens with zero attached hydrogens (tertiary/aromatic N) is 1. The van der Waals surface area contributed by atoms with Gasteiger partial charge in [-0.05, 0) is 25.2 Å². The summed E-state index contributed by atoms with van der Waals surface area (Å²) in [6.07, 6.45) is 1.55. The number of benzene rings is 1. The maximum atomic E-state index is 13.4. The van der Waals surface area contributed by atoms with Crippen LogP contribution in [0, 0.1) is 11.6 Å². The fourth-order valence-electron chi connectivity index (χ4n) is 1.48. The fraction of sp³-hybridized carbons (Fsp3) is 0.154. The molecule has 0 unspecified atom stereocenters. The lowest BCUT2D eigenvalue weighted by atomic mass is 10.3. The Morgan fingerprint density at radius 1 is 1.22 bits per heavy atom. The van der Waals surface area contributed by atoms with E-state index in [1.165, 1.54) is 0 Å². The molecule has 0 aliphatic rings. The van der Waals surface area contributed by atoms with E-state index in [9.17, 15) is 8.78 Å². The summed E-state index contributed by atoms with van der Waals surface area (Å²) in [7, 11) is 1.79. The Hall–Kier alpha value is -2.01. The van der Waals surface area contributed by atoms with Crippen LogP contribution in [0.5, 0.6) is 11.5 Å². The van der Waals surface area contributed by atoms with Crippen LogP contribution < -0.4 is 10.1 Å². The summed E-state index contributed by atoms with van der Waals surface area (Å²) in [5.41, 5.74) is 0.756. The molecule has 0 amide bonds. The minimum absolute atomic E-state index is 0.142. The highest BCUT2D eigenvalue weighted by Crippen LogP contribution is 2.25.